The van der Waals surface area contributed by atoms with Crippen molar-refractivity contribution in [2.75, 3.05) is 0 Å². The lowest BCUT2D eigenvalue weighted by Gasteiger charge is -2.16. The molecule has 0 aliphatic carbocycles. The summed E-state index contributed by atoms with van der Waals surface area (Å²) in [5.74, 6) is -2.01. The lowest BCUT2D eigenvalue weighted by Crippen LogP contribution is -2.28. The van der Waals surface area contributed by atoms with Gasteiger partial charge in [-0.2, -0.15) is 0 Å². The number of rotatable bonds is 4. The number of hydrogen-bond donors (Lipinski definition) is 2. The van der Waals surface area contributed by atoms with Crippen molar-refractivity contribution >= 4 is 11.9 Å². The van der Waals surface area contributed by atoms with Gasteiger partial charge in [0.15, 0.2) is 0 Å². The molecule has 1 rings (SSSR count). The summed E-state index contributed by atoms with van der Waals surface area (Å²) in [5, 5.41) is 11.1. The minimum Gasteiger partial charge on any atom is -0.481 e. The molecule has 16 heavy (non-hydrogen) atoms. The van der Waals surface area contributed by atoms with Crippen LogP contribution in [0.5, 0.6) is 0 Å². The molecule has 2 N–H and O–H groups in total. The van der Waals surface area contributed by atoms with Gasteiger partial charge < -0.3 is 10.4 Å². The number of aliphatic carboxylic acids is 1. The van der Waals surface area contributed by atoms with Crippen LogP contribution in [0.25, 0.3) is 0 Å². The summed E-state index contributed by atoms with van der Waals surface area (Å²) in [4.78, 5) is 21.5. The number of halogens is 1. The van der Waals surface area contributed by atoms with E-state index in [4.69, 9.17) is 5.11 Å². The molecule has 0 saturated heterocycles. The van der Waals surface area contributed by atoms with Crippen LogP contribution >= 0.6 is 0 Å². The normalized spacial score (nSPS) is 11.9. The molecule has 1 aromatic rings. The number of hydrogen-bond acceptors (Lipinski definition) is 2. The number of carbonyl (C=O) groups excluding carboxylic acids is 1. The Hall–Kier alpha value is -1.91. The number of carboxylic acids is 1. The molecule has 0 bridgehead atoms. The molecule has 4 nitrogen and oxygen atoms in total. The van der Waals surface area contributed by atoms with Gasteiger partial charge in [-0.3, -0.25) is 9.59 Å². The first kappa shape index (κ1) is 12.2. The van der Waals surface area contributed by atoms with Gasteiger partial charge >= 0.3 is 5.97 Å². The highest BCUT2D eigenvalue weighted by Gasteiger charge is 2.19. The molecule has 0 unspecified atom stereocenters. The molecule has 0 heterocycles. The third-order valence-corrected chi connectivity index (χ3v) is 2.04. The van der Waals surface area contributed by atoms with Crippen molar-refractivity contribution in [3.8, 4) is 0 Å². The minimum atomic E-state index is -1.10. The topological polar surface area (TPSA) is 66.4 Å². The third-order valence-electron chi connectivity index (χ3n) is 2.04. The second-order valence-corrected chi connectivity index (χ2v) is 3.37. The number of carbonyl (C=O) groups is 2. The van der Waals surface area contributed by atoms with E-state index < -0.39 is 23.7 Å². The molecule has 1 atom stereocenters. The summed E-state index contributed by atoms with van der Waals surface area (Å²) in [6.45, 7) is 1.26. The maximum atomic E-state index is 13.4. The second kappa shape index (κ2) is 5.25. The SMILES string of the molecule is CC(=O)N[C@@H](CC(=O)O)c1ccccc1F. The Balaban J connectivity index is 2.96. The standard InChI is InChI=1S/C11H12FNO3/c1-7(14)13-10(6-11(15)16)8-4-2-3-5-9(8)12/h2-5,10H,6H2,1H3,(H,13,14)(H,15,16)/t10-/m0/s1. The van der Waals surface area contributed by atoms with Gasteiger partial charge in [-0.15, -0.1) is 0 Å². The maximum Gasteiger partial charge on any atom is 0.305 e. The highest BCUT2D eigenvalue weighted by Crippen LogP contribution is 2.19. The van der Waals surface area contributed by atoms with Crippen LogP contribution in [0, 0.1) is 5.82 Å². The molecular weight excluding hydrogens is 213 g/mol. The van der Waals surface area contributed by atoms with Crippen molar-refractivity contribution in [3.63, 3.8) is 0 Å². The molecular formula is C11H12FNO3. The summed E-state index contributed by atoms with van der Waals surface area (Å²) >= 11 is 0. The van der Waals surface area contributed by atoms with E-state index in [0.717, 1.165) is 0 Å². The van der Waals surface area contributed by atoms with E-state index in [9.17, 15) is 14.0 Å². The van der Waals surface area contributed by atoms with E-state index >= 15 is 0 Å². The highest BCUT2D eigenvalue weighted by molar-refractivity contribution is 5.75. The molecule has 86 valence electrons. The number of carboxylic acid groups (broad SMARTS) is 1. The Morgan fingerprint density at radius 2 is 2.06 bits per heavy atom. The third kappa shape index (κ3) is 3.34. The van der Waals surface area contributed by atoms with E-state index in [-0.39, 0.29) is 12.0 Å². The van der Waals surface area contributed by atoms with Crippen molar-refractivity contribution < 1.29 is 19.1 Å². The fourth-order valence-electron chi connectivity index (χ4n) is 1.42. The Kier molecular flexibility index (Phi) is 3.99. The van der Waals surface area contributed by atoms with Gasteiger partial charge in [0.05, 0.1) is 12.5 Å². The van der Waals surface area contributed by atoms with E-state index in [1.54, 1.807) is 6.07 Å². The van der Waals surface area contributed by atoms with Crippen LogP contribution in [0.15, 0.2) is 24.3 Å². The zero-order valence-corrected chi connectivity index (χ0v) is 8.74. The first-order valence-corrected chi connectivity index (χ1v) is 4.74. The van der Waals surface area contributed by atoms with Crippen LogP contribution in [-0.4, -0.2) is 17.0 Å². The first-order chi connectivity index (χ1) is 7.50. The van der Waals surface area contributed by atoms with Gasteiger partial charge in [0.1, 0.15) is 5.82 Å². The zero-order valence-electron chi connectivity index (χ0n) is 8.74. The summed E-state index contributed by atoms with van der Waals surface area (Å²) in [5.41, 5.74) is 0.181. The van der Waals surface area contributed by atoms with Gasteiger partial charge in [0.2, 0.25) is 5.91 Å². The molecule has 0 radical (unpaired) electrons. The number of benzene rings is 1. The van der Waals surface area contributed by atoms with Crippen molar-refractivity contribution in [2.45, 2.75) is 19.4 Å². The van der Waals surface area contributed by atoms with Crippen LogP contribution in [0.4, 0.5) is 4.39 Å². The zero-order chi connectivity index (χ0) is 12.1. The van der Waals surface area contributed by atoms with E-state index in [0.29, 0.717) is 0 Å². The van der Waals surface area contributed by atoms with Crippen molar-refractivity contribution in [1.82, 2.24) is 5.32 Å². The molecule has 1 aromatic carbocycles. The molecule has 0 saturated carbocycles. The lowest BCUT2D eigenvalue weighted by molar-refractivity contribution is -0.137. The Morgan fingerprint density at radius 1 is 1.44 bits per heavy atom. The van der Waals surface area contributed by atoms with Crippen LogP contribution < -0.4 is 5.32 Å². The van der Waals surface area contributed by atoms with Crippen molar-refractivity contribution in [2.24, 2.45) is 0 Å². The second-order valence-electron chi connectivity index (χ2n) is 3.37. The molecule has 0 spiro atoms. The lowest BCUT2D eigenvalue weighted by atomic mass is 10.0. The summed E-state index contributed by atoms with van der Waals surface area (Å²) in [6.07, 6.45) is -0.347. The van der Waals surface area contributed by atoms with Crippen molar-refractivity contribution in [1.29, 1.82) is 0 Å². The minimum absolute atomic E-state index is 0.181. The summed E-state index contributed by atoms with van der Waals surface area (Å²) in [6, 6.07) is 4.95. The Morgan fingerprint density at radius 3 is 2.56 bits per heavy atom. The van der Waals surface area contributed by atoms with Crippen LogP contribution in [0.3, 0.4) is 0 Å². The van der Waals surface area contributed by atoms with Crippen LogP contribution in [0.1, 0.15) is 24.9 Å². The van der Waals surface area contributed by atoms with Gasteiger partial charge in [0.25, 0.3) is 0 Å². The van der Waals surface area contributed by atoms with Crippen LogP contribution in [0.2, 0.25) is 0 Å². The van der Waals surface area contributed by atoms with Gasteiger partial charge in [0, 0.05) is 12.5 Å². The largest absolute Gasteiger partial charge is 0.481 e. The predicted octanol–water partition coefficient (Wildman–Crippen LogP) is 1.48. The average Bonchev–Trinajstić information content (AvgIpc) is 2.15. The number of nitrogens with one attached hydrogen (secondary N) is 1. The van der Waals surface area contributed by atoms with Gasteiger partial charge in [-0.05, 0) is 6.07 Å². The molecule has 0 aliphatic heterocycles. The summed E-state index contributed by atoms with van der Waals surface area (Å²) in [7, 11) is 0. The highest BCUT2D eigenvalue weighted by atomic mass is 19.1. The van der Waals surface area contributed by atoms with Gasteiger partial charge in [-0.25, -0.2) is 4.39 Å². The van der Waals surface area contributed by atoms with Crippen molar-refractivity contribution in [3.05, 3.63) is 35.6 Å². The monoisotopic (exact) mass is 225 g/mol. The maximum absolute atomic E-state index is 13.4. The quantitative estimate of drug-likeness (QED) is 0.815. The molecule has 0 aliphatic rings. The van der Waals surface area contributed by atoms with E-state index in [2.05, 4.69) is 5.32 Å². The fourth-order valence-corrected chi connectivity index (χ4v) is 1.42. The van der Waals surface area contributed by atoms with E-state index in [1.165, 1.54) is 25.1 Å². The number of amides is 1. The summed E-state index contributed by atoms with van der Waals surface area (Å²) < 4.78 is 13.4. The Bertz CT molecular complexity index is 390. The first-order valence-electron chi connectivity index (χ1n) is 4.74. The molecule has 1 amide bonds. The average molecular weight is 225 g/mol. The van der Waals surface area contributed by atoms with Crippen LogP contribution in [-0.2, 0) is 9.59 Å². The smallest absolute Gasteiger partial charge is 0.305 e. The fraction of sp³-hybridized carbons (Fsp3) is 0.273. The molecule has 0 aromatic heterocycles. The molecule has 5 heteroatoms. The molecule has 0 fully saturated rings. The Labute approximate surface area is 92.1 Å². The van der Waals surface area contributed by atoms with Gasteiger partial charge in [-0.1, -0.05) is 18.2 Å². The predicted molar refractivity (Wildman–Crippen MR) is 55.2 cm³/mol. The van der Waals surface area contributed by atoms with E-state index in [1.807, 2.05) is 0 Å².